The minimum atomic E-state index is -0.647. The predicted octanol–water partition coefficient (Wildman–Crippen LogP) is 2.27. The van der Waals surface area contributed by atoms with Gasteiger partial charge in [0.2, 0.25) is 6.41 Å². The van der Waals surface area contributed by atoms with Crippen molar-refractivity contribution in [1.82, 2.24) is 10.6 Å². The standard InChI is InChI=1S/C25H30N4O4/c1-29(17-30)22-14-20(9-10-23(22)32-2)19-7-5-18(6-8-19)13-21(15-26)28-25(31)24-16-27-11-3-4-12-33-24/h5-10,14,17,21,24,27H,3-4,11-13,16H2,1-2H3,(H,28,31). The third kappa shape index (κ3) is 6.54. The zero-order valence-corrected chi connectivity index (χ0v) is 19.0. The molecular formula is C25H30N4O4. The Bertz CT molecular complexity index is 979. The van der Waals surface area contributed by atoms with Crippen LogP contribution in [0.2, 0.25) is 0 Å². The molecule has 3 rings (SSSR count). The largest absolute Gasteiger partial charge is 0.495 e. The average molecular weight is 451 g/mol. The number of carbonyl (C=O) groups excluding carboxylic acids is 2. The highest BCUT2D eigenvalue weighted by Gasteiger charge is 2.23. The number of ether oxygens (including phenoxy) is 2. The predicted molar refractivity (Wildman–Crippen MR) is 126 cm³/mol. The van der Waals surface area contributed by atoms with Crippen LogP contribution in [0.4, 0.5) is 5.69 Å². The van der Waals surface area contributed by atoms with E-state index in [2.05, 4.69) is 16.7 Å². The molecule has 0 spiro atoms. The summed E-state index contributed by atoms with van der Waals surface area (Å²) in [4.78, 5) is 25.2. The molecule has 1 aliphatic rings. The monoisotopic (exact) mass is 450 g/mol. The molecule has 2 amide bonds. The van der Waals surface area contributed by atoms with E-state index < -0.39 is 12.1 Å². The van der Waals surface area contributed by atoms with E-state index in [1.54, 1.807) is 14.2 Å². The number of benzene rings is 2. The number of carbonyl (C=O) groups is 2. The second-order valence-corrected chi connectivity index (χ2v) is 7.96. The highest BCUT2D eigenvalue weighted by molar-refractivity contribution is 5.82. The molecule has 2 unspecified atom stereocenters. The summed E-state index contributed by atoms with van der Waals surface area (Å²) in [5.41, 5.74) is 3.51. The van der Waals surface area contributed by atoms with Gasteiger partial charge in [-0.05, 0) is 48.2 Å². The third-order valence-corrected chi connectivity index (χ3v) is 5.61. The lowest BCUT2D eigenvalue weighted by molar-refractivity contribution is -0.133. The molecule has 1 fully saturated rings. The number of nitrogens with one attached hydrogen (secondary N) is 2. The van der Waals surface area contributed by atoms with E-state index in [4.69, 9.17) is 9.47 Å². The van der Waals surface area contributed by atoms with Crippen molar-refractivity contribution in [2.45, 2.75) is 31.4 Å². The summed E-state index contributed by atoms with van der Waals surface area (Å²) >= 11 is 0. The van der Waals surface area contributed by atoms with Crippen LogP contribution in [0.3, 0.4) is 0 Å². The molecule has 2 aromatic rings. The first-order valence-corrected chi connectivity index (χ1v) is 11.0. The van der Waals surface area contributed by atoms with E-state index in [9.17, 15) is 14.9 Å². The van der Waals surface area contributed by atoms with Gasteiger partial charge in [0.15, 0.2) is 0 Å². The fourth-order valence-electron chi connectivity index (χ4n) is 3.70. The number of nitriles is 1. The Morgan fingerprint density at radius 3 is 2.76 bits per heavy atom. The number of methoxy groups -OCH3 is 1. The van der Waals surface area contributed by atoms with Crippen molar-refractivity contribution >= 4 is 18.0 Å². The summed E-state index contributed by atoms with van der Waals surface area (Å²) in [5.74, 6) is 0.346. The Labute approximate surface area is 194 Å². The Kier molecular flexibility index (Phi) is 8.81. The summed E-state index contributed by atoms with van der Waals surface area (Å²) in [5, 5.41) is 15.6. The van der Waals surface area contributed by atoms with Crippen LogP contribution in [0.25, 0.3) is 11.1 Å². The lowest BCUT2D eigenvalue weighted by Crippen LogP contribution is -2.47. The molecule has 8 heteroatoms. The van der Waals surface area contributed by atoms with Crippen molar-refractivity contribution < 1.29 is 19.1 Å². The van der Waals surface area contributed by atoms with Gasteiger partial charge in [0.05, 0.1) is 18.9 Å². The summed E-state index contributed by atoms with van der Waals surface area (Å²) in [7, 11) is 3.24. The van der Waals surface area contributed by atoms with Crippen LogP contribution in [0.5, 0.6) is 5.75 Å². The second-order valence-electron chi connectivity index (χ2n) is 7.96. The molecule has 0 saturated carbocycles. The summed E-state index contributed by atoms with van der Waals surface area (Å²) in [6.07, 6.45) is 2.48. The molecule has 0 aliphatic carbocycles. The summed E-state index contributed by atoms with van der Waals surface area (Å²) in [6.45, 7) is 1.86. The number of hydrogen-bond donors (Lipinski definition) is 2. The molecule has 2 aromatic carbocycles. The van der Waals surface area contributed by atoms with Crippen LogP contribution < -0.4 is 20.3 Å². The van der Waals surface area contributed by atoms with Gasteiger partial charge in [0, 0.05) is 26.6 Å². The molecule has 2 atom stereocenters. The van der Waals surface area contributed by atoms with E-state index in [0.717, 1.165) is 42.5 Å². The van der Waals surface area contributed by atoms with Crippen LogP contribution in [-0.4, -0.2) is 58.3 Å². The number of hydrogen-bond acceptors (Lipinski definition) is 6. The molecule has 0 aromatic heterocycles. The van der Waals surface area contributed by atoms with Crippen molar-refractivity contribution in [2.24, 2.45) is 0 Å². The molecule has 1 saturated heterocycles. The Hall–Kier alpha value is -3.41. The second kappa shape index (κ2) is 12.0. The highest BCUT2D eigenvalue weighted by atomic mass is 16.5. The molecule has 174 valence electrons. The molecular weight excluding hydrogens is 420 g/mol. The van der Waals surface area contributed by atoms with Crippen LogP contribution in [0, 0.1) is 11.3 Å². The van der Waals surface area contributed by atoms with Gasteiger partial charge in [0.25, 0.3) is 5.91 Å². The van der Waals surface area contributed by atoms with Gasteiger partial charge >= 0.3 is 0 Å². The molecule has 2 N–H and O–H groups in total. The van der Waals surface area contributed by atoms with Crippen LogP contribution >= 0.6 is 0 Å². The van der Waals surface area contributed by atoms with Crippen LogP contribution in [0.1, 0.15) is 18.4 Å². The first kappa shape index (κ1) is 24.2. The normalized spacial score (nSPS) is 17.1. The minimum Gasteiger partial charge on any atom is -0.495 e. The van der Waals surface area contributed by atoms with Gasteiger partial charge in [-0.1, -0.05) is 30.3 Å². The molecule has 1 aliphatic heterocycles. The van der Waals surface area contributed by atoms with Crippen molar-refractivity contribution in [3.8, 4) is 22.9 Å². The smallest absolute Gasteiger partial charge is 0.251 e. The zero-order valence-electron chi connectivity index (χ0n) is 19.0. The minimum absolute atomic E-state index is 0.266. The first-order chi connectivity index (χ1) is 16.0. The third-order valence-electron chi connectivity index (χ3n) is 5.61. The summed E-state index contributed by atoms with van der Waals surface area (Å²) in [6, 6.07) is 15.0. The molecule has 0 radical (unpaired) electrons. The molecule has 0 bridgehead atoms. The van der Waals surface area contributed by atoms with Crippen molar-refractivity contribution in [3.05, 3.63) is 48.0 Å². The Balaban J connectivity index is 1.66. The lowest BCUT2D eigenvalue weighted by Gasteiger charge is -2.22. The average Bonchev–Trinajstić information content (AvgIpc) is 2.82. The quantitative estimate of drug-likeness (QED) is 0.598. The van der Waals surface area contributed by atoms with Gasteiger partial charge in [0.1, 0.15) is 17.9 Å². The highest BCUT2D eigenvalue weighted by Crippen LogP contribution is 2.32. The van der Waals surface area contributed by atoms with Crippen LogP contribution in [-0.2, 0) is 20.7 Å². The zero-order chi connectivity index (χ0) is 23.6. The maximum Gasteiger partial charge on any atom is 0.251 e. The molecule has 8 nitrogen and oxygen atoms in total. The summed E-state index contributed by atoms with van der Waals surface area (Å²) < 4.78 is 11.0. The SMILES string of the molecule is COc1ccc(-c2ccc(CC(C#N)NC(=O)C3CNCCCCO3)cc2)cc1N(C)C=O. The van der Waals surface area contributed by atoms with Gasteiger partial charge in [-0.25, -0.2) is 0 Å². The van der Waals surface area contributed by atoms with E-state index in [1.807, 2.05) is 42.5 Å². The van der Waals surface area contributed by atoms with E-state index in [-0.39, 0.29) is 5.91 Å². The molecule has 33 heavy (non-hydrogen) atoms. The fraction of sp³-hybridized carbons (Fsp3) is 0.400. The van der Waals surface area contributed by atoms with Crippen LogP contribution in [0.15, 0.2) is 42.5 Å². The van der Waals surface area contributed by atoms with Gasteiger partial charge in [-0.15, -0.1) is 0 Å². The van der Waals surface area contributed by atoms with Gasteiger partial charge in [-0.3, -0.25) is 9.59 Å². The Morgan fingerprint density at radius 1 is 1.30 bits per heavy atom. The molecule has 1 heterocycles. The van der Waals surface area contributed by atoms with Gasteiger partial charge < -0.3 is 25.0 Å². The van der Waals surface area contributed by atoms with Crippen molar-refractivity contribution in [1.29, 1.82) is 5.26 Å². The maximum atomic E-state index is 12.6. The van der Waals surface area contributed by atoms with E-state index in [1.165, 1.54) is 4.90 Å². The Morgan fingerprint density at radius 2 is 2.06 bits per heavy atom. The maximum absolute atomic E-state index is 12.6. The first-order valence-electron chi connectivity index (χ1n) is 11.0. The number of rotatable bonds is 8. The number of anilines is 1. The number of amides is 2. The van der Waals surface area contributed by atoms with E-state index >= 15 is 0 Å². The topological polar surface area (TPSA) is 104 Å². The number of nitrogens with zero attached hydrogens (tertiary/aromatic N) is 2. The van der Waals surface area contributed by atoms with Gasteiger partial charge in [-0.2, -0.15) is 5.26 Å². The van der Waals surface area contributed by atoms with Crippen molar-refractivity contribution in [2.75, 3.05) is 38.8 Å². The van der Waals surface area contributed by atoms with E-state index in [0.29, 0.717) is 31.0 Å². The fourth-order valence-corrected chi connectivity index (χ4v) is 3.70. The lowest BCUT2D eigenvalue weighted by atomic mass is 10.00. The van der Waals surface area contributed by atoms with Crippen molar-refractivity contribution in [3.63, 3.8) is 0 Å².